The van der Waals surface area contributed by atoms with Crippen LogP contribution < -0.4 is 10.6 Å². The second-order valence-corrected chi connectivity index (χ2v) is 7.40. The van der Waals surface area contributed by atoms with Crippen LogP contribution in [0.25, 0.3) is 0 Å². The third-order valence-electron chi connectivity index (χ3n) is 6.05. The molecule has 0 unspecified atom stereocenters. The minimum Gasteiger partial charge on any atom is -0.371 e. The fourth-order valence-electron chi connectivity index (χ4n) is 4.97. The fraction of sp³-hybridized carbons (Fsp3) is 0.611. The Labute approximate surface area is 140 Å². The lowest BCUT2D eigenvalue weighted by Crippen LogP contribution is -2.48. The molecular formula is C18H23F2N3O. The number of carbonyl (C=O) groups is 1. The first kappa shape index (κ1) is 15.8. The van der Waals surface area contributed by atoms with Crippen molar-refractivity contribution < 1.29 is 13.6 Å². The van der Waals surface area contributed by atoms with Crippen molar-refractivity contribution in [1.82, 2.24) is 4.90 Å². The molecule has 1 saturated carbocycles. The number of hydrogen-bond donors (Lipinski definition) is 1. The van der Waals surface area contributed by atoms with E-state index in [4.69, 9.17) is 5.73 Å². The van der Waals surface area contributed by atoms with Crippen molar-refractivity contribution in [3.63, 3.8) is 0 Å². The van der Waals surface area contributed by atoms with Gasteiger partial charge in [0.05, 0.1) is 6.04 Å². The molecule has 2 saturated heterocycles. The Hall–Kier alpha value is -1.69. The number of nitrogens with two attached hydrogens (primary N) is 1. The van der Waals surface area contributed by atoms with Gasteiger partial charge in [0.15, 0.2) is 0 Å². The van der Waals surface area contributed by atoms with Gasteiger partial charge in [0, 0.05) is 37.8 Å². The van der Waals surface area contributed by atoms with Crippen molar-refractivity contribution >= 4 is 11.6 Å². The van der Waals surface area contributed by atoms with E-state index in [1.807, 2.05) is 17.0 Å². The average molecular weight is 335 g/mol. The quantitative estimate of drug-likeness (QED) is 0.918. The van der Waals surface area contributed by atoms with E-state index in [0.717, 1.165) is 31.6 Å². The van der Waals surface area contributed by atoms with Crippen LogP contribution in [-0.2, 0) is 4.79 Å². The Morgan fingerprint density at radius 2 is 1.88 bits per heavy atom. The predicted octanol–water partition coefficient (Wildman–Crippen LogP) is 1.94. The van der Waals surface area contributed by atoms with Crippen LogP contribution in [-0.4, -0.2) is 48.7 Å². The molecule has 3 fully saturated rings. The largest absolute Gasteiger partial charge is 0.371 e. The van der Waals surface area contributed by atoms with Gasteiger partial charge < -0.3 is 10.6 Å². The highest BCUT2D eigenvalue weighted by atomic mass is 19.1. The van der Waals surface area contributed by atoms with Gasteiger partial charge >= 0.3 is 0 Å². The van der Waals surface area contributed by atoms with Gasteiger partial charge in [-0.3, -0.25) is 9.69 Å². The summed E-state index contributed by atoms with van der Waals surface area (Å²) in [6.07, 6.45) is 1.36. The number of rotatable bonds is 3. The van der Waals surface area contributed by atoms with Gasteiger partial charge in [-0.2, -0.15) is 0 Å². The van der Waals surface area contributed by atoms with E-state index in [1.54, 1.807) is 0 Å². The molecule has 2 aliphatic heterocycles. The average Bonchev–Trinajstić information content (AvgIpc) is 3.21. The molecule has 2 heterocycles. The Balaban J connectivity index is 1.50. The summed E-state index contributed by atoms with van der Waals surface area (Å²) in [5, 5.41) is 0. The summed E-state index contributed by atoms with van der Waals surface area (Å²) >= 11 is 0. The van der Waals surface area contributed by atoms with Crippen LogP contribution in [0.3, 0.4) is 0 Å². The zero-order valence-electron chi connectivity index (χ0n) is 13.6. The first-order valence-electron chi connectivity index (χ1n) is 8.72. The van der Waals surface area contributed by atoms with Crippen molar-refractivity contribution in [1.29, 1.82) is 0 Å². The number of hydrogen-bond acceptors (Lipinski definition) is 3. The van der Waals surface area contributed by atoms with E-state index in [2.05, 4.69) is 4.90 Å². The molecule has 3 aliphatic rings. The lowest BCUT2D eigenvalue weighted by Gasteiger charge is -2.33. The zero-order chi connectivity index (χ0) is 16.8. The van der Waals surface area contributed by atoms with Crippen LogP contribution in [0.5, 0.6) is 0 Å². The van der Waals surface area contributed by atoms with E-state index in [9.17, 15) is 13.6 Å². The molecule has 1 aromatic rings. The first-order chi connectivity index (χ1) is 11.5. The smallest absolute Gasteiger partial charge is 0.234 e. The molecule has 2 N–H and O–H groups in total. The van der Waals surface area contributed by atoms with E-state index in [1.165, 1.54) is 12.1 Å². The zero-order valence-corrected chi connectivity index (χ0v) is 13.6. The normalized spacial score (nSPS) is 36.2. The van der Waals surface area contributed by atoms with Gasteiger partial charge in [-0.15, -0.1) is 0 Å². The standard InChI is InChI=1S/C18H23F2N3O/c19-12-2-4-14(5-3-12)22-8-11-1-6-16(15(11)10-22)23-9-13(20)7-17(23)18(21)24/h2-5,11,13,15-17H,1,6-10H2,(H2,21,24)/t11-,13-,15+,16+,17+/m1/s1. The number of halogens is 2. The van der Waals surface area contributed by atoms with Gasteiger partial charge in [0.1, 0.15) is 12.0 Å². The molecule has 1 aliphatic carbocycles. The van der Waals surface area contributed by atoms with Crippen LogP contribution >= 0.6 is 0 Å². The van der Waals surface area contributed by atoms with Crippen molar-refractivity contribution in [2.24, 2.45) is 17.6 Å². The number of likely N-dealkylation sites (tertiary alicyclic amines) is 1. The van der Waals surface area contributed by atoms with Crippen LogP contribution in [0, 0.1) is 17.7 Å². The van der Waals surface area contributed by atoms with Crippen LogP contribution in [0.15, 0.2) is 24.3 Å². The summed E-state index contributed by atoms with van der Waals surface area (Å²) in [7, 11) is 0. The summed E-state index contributed by atoms with van der Waals surface area (Å²) < 4.78 is 27.0. The predicted molar refractivity (Wildman–Crippen MR) is 87.8 cm³/mol. The SMILES string of the molecule is NC(=O)[C@@H]1C[C@@H](F)CN1[C@H]1CC[C@@H]2CN(c3ccc(F)cc3)C[C@@H]21. The molecule has 0 aromatic heterocycles. The summed E-state index contributed by atoms with van der Waals surface area (Å²) in [6, 6.07) is 6.34. The highest BCUT2D eigenvalue weighted by Gasteiger charge is 2.49. The Morgan fingerprint density at radius 3 is 2.58 bits per heavy atom. The molecular weight excluding hydrogens is 312 g/mol. The van der Waals surface area contributed by atoms with Crippen molar-refractivity contribution in [2.45, 2.75) is 37.5 Å². The summed E-state index contributed by atoms with van der Waals surface area (Å²) in [5.74, 6) is 0.327. The Morgan fingerprint density at radius 1 is 1.12 bits per heavy atom. The van der Waals surface area contributed by atoms with Crippen LogP contribution in [0.1, 0.15) is 19.3 Å². The minimum absolute atomic E-state index is 0.221. The third kappa shape index (κ3) is 2.66. The lowest BCUT2D eigenvalue weighted by molar-refractivity contribution is -0.123. The van der Waals surface area contributed by atoms with Gasteiger partial charge in [-0.05, 0) is 48.9 Å². The topological polar surface area (TPSA) is 49.6 Å². The molecule has 130 valence electrons. The maximum Gasteiger partial charge on any atom is 0.234 e. The minimum atomic E-state index is -0.962. The number of alkyl halides is 1. The summed E-state index contributed by atoms with van der Waals surface area (Å²) in [6.45, 7) is 2.14. The highest BCUT2D eigenvalue weighted by Crippen LogP contribution is 2.44. The maximum atomic E-state index is 13.9. The maximum absolute atomic E-state index is 13.9. The van der Waals surface area contributed by atoms with Gasteiger partial charge in [-0.25, -0.2) is 8.78 Å². The Kier molecular flexibility index (Phi) is 3.95. The molecule has 4 nitrogen and oxygen atoms in total. The van der Waals surface area contributed by atoms with Gasteiger partial charge in [0.2, 0.25) is 5.91 Å². The molecule has 5 atom stereocenters. The van der Waals surface area contributed by atoms with Gasteiger partial charge in [-0.1, -0.05) is 0 Å². The highest BCUT2D eigenvalue weighted by molar-refractivity contribution is 5.80. The number of nitrogens with zero attached hydrogens (tertiary/aromatic N) is 2. The molecule has 1 aromatic carbocycles. The number of benzene rings is 1. The number of carbonyl (C=O) groups excluding carboxylic acids is 1. The lowest BCUT2D eigenvalue weighted by atomic mass is 9.96. The molecule has 6 heteroatoms. The van der Waals surface area contributed by atoms with E-state index in [-0.39, 0.29) is 18.3 Å². The van der Waals surface area contributed by atoms with Crippen LogP contribution in [0.2, 0.25) is 0 Å². The third-order valence-corrected chi connectivity index (χ3v) is 6.05. The summed E-state index contributed by atoms with van der Waals surface area (Å²) in [4.78, 5) is 16.0. The molecule has 0 bridgehead atoms. The van der Waals surface area contributed by atoms with Crippen molar-refractivity contribution in [3.05, 3.63) is 30.1 Å². The number of primary amides is 1. The molecule has 0 spiro atoms. The first-order valence-corrected chi connectivity index (χ1v) is 8.72. The molecule has 24 heavy (non-hydrogen) atoms. The van der Waals surface area contributed by atoms with Gasteiger partial charge in [0.25, 0.3) is 0 Å². The molecule has 1 amide bonds. The van der Waals surface area contributed by atoms with E-state index < -0.39 is 18.1 Å². The van der Waals surface area contributed by atoms with Crippen LogP contribution in [0.4, 0.5) is 14.5 Å². The second-order valence-electron chi connectivity index (χ2n) is 7.40. The van der Waals surface area contributed by atoms with Crippen molar-refractivity contribution in [3.8, 4) is 0 Å². The van der Waals surface area contributed by atoms with E-state index in [0.29, 0.717) is 18.4 Å². The second kappa shape index (κ2) is 5.99. The number of fused-ring (bicyclic) bond motifs is 1. The van der Waals surface area contributed by atoms with Crippen molar-refractivity contribution in [2.75, 3.05) is 24.5 Å². The van der Waals surface area contributed by atoms with E-state index >= 15 is 0 Å². The fourth-order valence-corrected chi connectivity index (χ4v) is 4.97. The Bertz CT molecular complexity index is 623. The molecule has 4 rings (SSSR count). The summed E-state index contributed by atoms with van der Waals surface area (Å²) in [5.41, 5.74) is 6.52. The molecule has 0 radical (unpaired) electrons. The monoisotopic (exact) mass is 335 g/mol. The number of amides is 1. The number of anilines is 1.